The lowest BCUT2D eigenvalue weighted by Gasteiger charge is -2.07. The van der Waals surface area contributed by atoms with E-state index in [1.165, 1.54) is 22.7 Å². The lowest BCUT2D eigenvalue weighted by molar-refractivity contribution is 0.0941. The van der Waals surface area contributed by atoms with Gasteiger partial charge >= 0.3 is 0 Å². The summed E-state index contributed by atoms with van der Waals surface area (Å²) in [7, 11) is 0. The molecule has 0 aliphatic rings. The number of hydrogen-bond donors (Lipinski definition) is 3. The second-order valence-electron chi connectivity index (χ2n) is 5.74. The van der Waals surface area contributed by atoms with Gasteiger partial charge in [0.2, 0.25) is 5.75 Å². The molecule has 3 heterocycles. The number of benzene rings is 1. The van der Waals surface area contributed by atoms with Crippen LogP contribution in [0.4, 0.5) is 0 Å². The van der Waals surface area contributed by atoms with E-state index in [9.17, 15) is 15.0 Å². The van der Waals surface area contributed by atoms with Gasteiger partial charge in [0.15, 0.2) is 11.5 Å². The standard InChI is InChI=1S/C19H14N4O3S2/c24-15-14(22-16(23-18(15)26)13-7-4-8-27-13)17(25)20-9-12-10-28-19(21-12)11-5-2-1-3-6-11/h1-8,10,24H,9H2,(H,20,25)(H,22,23,26). The van der Waals surface area contributed by atoms with Crippen LogP contribution in [0.2, 0.25) is 0 Å². The minimum atomic E-state index is -0.652. The number of thiazole rings is 1. The number of hydrogen-bond acceptors (Lipinski definition) is 8. The molecule has 0 fully saturated rings. The first-order chi connectivity index (χ1) is 13.6. The highest BCUT2D eigenvalue weighted by atomic mass is 32.1. The maximum Gasteiger partial charge on any atom is 0.274 e. The van der Waals surface area contributed by atoms with Crippen LogP contribution in [0.15, 0.2) is 53.2 Å². The van der Waals surface area contributed by atoms with Crippen molar-refractivity contribution >= 4 is 28.6 Å². The fraction of sp³-hybridized carbons (Fsp3) is 0.0526. The summed E-state index contributed by atoms with van der Waals surface area (Å²) in [5, 5.41) is 27.1. The molecule has 3 aromatic heterocycles. The Labute approximate surface area is 168 Å². The zero-order valence-corrected chi connectivity index (χ0v) is 16.0. The average molecular weight is 410 g/mol. The fourth-order valence-corrected chi connectivity index (χ4v) is 3.96. The van der Waals surface area contributed by atoms with E-state index >= 15 is 0 Å². The van der Waals surface area contributed by atoms with Gasteiger partial charge in [-0.2, -0.15) is 4.98 Å². The largest absolute Gasteiger partial charge is 0.501 e. The van der Waals surface area contributed by atoms with Crippen molar-refractivity contribution < 1.29 is 15.0 Å². The third kappa shape index (κ3) is 3.71. The van der Waals surface area contributed by atoms with Crippen molar-refractivity contribution in [2.24, 2.45) is 0 Å². The quantitative estimate of drug-likeness (QED) is 0.463. The molecule has 0 aliphatic heterocycles. The molecule has 1 amide bonds. The molecule has 0 spiro atoms. The summed E-state index contributed by atoms with van der Waals surface area (Å²) < 4.78 is 0. The summed E-state index contributed by atoms with van der Waals surface area (Å²) in [6, 6.07) is 13.3. The van der Waals surface area contributed by atoms with E-state index in [0.29, 0.717) is 10.6 Å². The topological polar surface area (TPSA) is 108 Å². The van der Waals surface area contributed by atoms with Crippen LogP contribution in [-0.2, 0) is 6.54 Å². The molecule has 0 aliphatic carbocycles. The highest BCUT2D eigenvalue weighted by molar-refractivity contribution is 7.13. The van der Waals surface area contributed by atoms with Gasteiger partial charge in [0, 0.05) is 10.9 Å². The number of aromatic hydroxyl groups is 2. The van der Waals surface area contributed by atoms with E-state index < -0.39 is 17.5 Å². The van der Waals surface area contributed by atoms with Gasteiger partial charge in [-0.25, -0.2) is 9.97 Å². The van der Waals surface area contributed by atoms with Crippen LogP contribution in [0.3, 0.4) is 0 Å². The van der Waals surface area contributed by atoms with E-state index in [1.807, 2.05) is 41.1 Å². The highest BCUT2D eigenvalue weighted by Gasteiger charge is 2.20. The second-order valence-corrected chi connectivity index (χ2v) is 7.54. The van der Waals surface area contributed by atoms with Gasteiger partial charge in [-0.05, 0) is 11.4 Å². The summed E-state index contributed by atoms with van der Waals surface area (Å²) in [5.74, 6) is -1.73. The number of aromatic nitrogens is 3. The van der Waals surface area contributed by atoms with Crippen molar-refractivity contribution in [2.45, 2.75) is 6.54 Å². The van der Waals surface area contributed by atoms with Crippen molar-refractivity contribution in [3.8, 4) is 32.9 Å². The molecule has 7 nitrogen and oxygen atoms in total. The molecule has 3 N–H and O–H groups in total. The van der Waals surface area contributed by atoms with Gasteiger partial charge in [0.1, 0.15) is 5.01 Å². The molecule has 0 saturated heterocycles. The third-order valence-electron chi connectivity index (χ3n) is 3.82. The van der Waals surface area contributed by atoms with Gasteiger partial charge in [-0.15, -0.1) is 22.7 Å². The fourth-order valence-electron chi connectivity index (χ4n) is 2.47. The predicted molar refractivity (Wildman–Crippen MR) is 107 cm³/mol. The summed E-state index contributed by atoms with van der Waals surface area (Å²) in [5.41, 5.74) is 1.41. The van der Waals surface area contributed by atoms with Crippen molar-refractivity contribution in [1.82, 2.24) is 20.3 Å². The lowest BCUT2D eigenvalue weighted by atomic mass is 10.2. The molecule has 1 aromatic carbocycles. The van der Waals surface area contributed by atoms with Crippen LogP contribution in [0.25, 0.3) is 21.3 Å². The van der Waals surface area contributed by atoms with Crippen molar-refractivity contribution in [3.63, 3.8) is 0 Å². The van der Waals surface area contributed by atoms with Crippen LogP contribution >= 0.6 is 22.7 Å². The molecular formula is C19H14N4O3S2. The Morgan fingerprint density at radius 2 is 1.82 bits per heavy atom. The summed E-state index contributed by atoms with van der Waals surface area (Å²) in [4.78, 5) is 25.6. The number of amides is 1. The van der Waals surface area contributed by atoms with E-state index in [2.05, 4.69) is 20.3 Å². The first kappa shape index (κ1) is 18.1. The number of rotatable bonds is 5. The summed E-state index contributed by atoms with van der Waals surface area (Å²) >= 11 is 2.84. The maximum absolute atomic E-state index is 12.5. The van der Waals surface area contributed by atoms with E-state index in [0.717, 1.165) is 10.6 Å². The SMILES string of the molecule is O=C(NCc1csc(-c2ccccc2)n1)c1nc(-c2cccs2)nc(O)c1O. The monoisotopic (exact) mass is 410 g/mol. The molecule has 28 heavy (non-hydrogen) atoms. The molecule has 4 rings (SSSR count). The maximum atomic E-state index is 12.5. The Bertz CT molecular complexity index is 1110. The molecule has 0 radical (unpaired) electrons. The van der Waals surface area contributed by atoms with E-state index in [1.54, 1.807) is 12.1 Å². The van der Waals surface area contributed by atoms with Gasteiger partial charge < -0.3 is 15.5 Å². The number of thiophene rings is 1. The molecule has 0 atom stereocenters. The van der Waals surface area contributed by atoms with Gasteiger partial charge in [0.25, 0.3) is 11.8 Å². The van der Waals surface area contributed by atoms with Gasteiger partial charge in [-0.1, -0.05) is 36.4 Å². The lowest BCUT2D eigenvalue weighted by Crippen LogP contribution is -2.24. The van der Waals surface area contributed by atoms with Crippen LogP contribution in [0.5, 0.6) is 11.6 Å². The molecule has 4 aromatic rings. The zero-order chi connectivity index (χ0) is 19.5. The average Bonchev–Trinajstić information content (AvgIpc) is 3.41. The third-order valence-corrected chi connectivity index (χ3v) is 5.63. The predicted octanol–water partition coefficient (Wildman–Crippen LogP) is 3.67. The van der Waals surface area contributed by atoms with Crippen molar-refractivity contribution in [2.75, 3.05) is 0 Å². The Balaban J connectivity index is 1.51. The minimum absolute atomic E-state index is 0.167. The Morgan fingerprint density at radius 1 is 1.00 bits per heavy atom. The van der Waals surface area contributed by atoms with Crippen molar-refractivity contribution in [3.05, 3.63) is 64.6 Å². The first-order valence-corrected chi connectivity index (χ1v) is 9.99. The molecule has 0 bridgehead atoms. The Kier molecular flexibility index (Phi) is 5.00. The number of nitrogens with one attached hydrogen (secondary N) is 1. The molecule has 9 heteroatoms. The second kappa shape index (κ2) is 7.75. The normalized spacial score (nSPS) is 10.7. The highest BCUT2D eigenvalue weighted by Crippen LogP contribution is 2.30. The van der Waals surface area contributed by atoms with Crippen LogP contribution < -0.4 is 5.32 Å². The molecule has 140 valence electrons. The number of nitrogens with zero attached hydrogens (tertiary/aromatic N) is 3. The van der Waals surface area contributed by atoms with Gasteiger partial charge in [-0.3, -0.25) is 4.79 Å². The smallest absolute Gasteiger partial charge is 0.274 e. The first-order valence-electron chi connectivity index (χ1n) is 8.23. The van der Waals surface area contributed by atoms with Crippen LogP contribution in [0.1, 0.15) is 16.2 Å². The number of carbonyl (C=O) groups excluding carboxylic acids is 1. The molecule has 0 unspecified atom stereocenters. The number of carbonyl (C=O) groups is 1. The summed E-state index contributed by atoms with van der Waals surface area (Å²) in [6.07, 6.45) is 0. The van der Waals surface area contributed by atoms with E-state index in [-0.39, 0.29) is 18.1 Å². The summed E-state index contributed by atoms with van der Waals surface area (Å²) in [6.45, 7) is 0.167. The van der Waals surface area contributed by atoms with E-state index in [4.69, 9.17) is 0 Å². The Morgan fingerprint density at radius 3 is 2.57 bits per heavy atom. The zero-order valence-electron chi connectivity index (χ0n) is 14.4. The van der Waals surface area contributed by atoms with Gasteiger partial charge in [0.05, 0.1) is 17.1 Å². The molecule has 0 saturated carbocycles. The Hall–Kier alpha value is -3.30. The minimum Gasteiger partial charge on any atom is -0.501 e. The van der Waals surface area contributed by atoms with Crippen LogP contribution in [0, 0.1) is 0 Å². The molecular weight excluding hydrogens is 396 g/mol. The van der Waals surface area contributed by atoms with Crippen molar-refractivity contribution in [1.29, 1.82) is 0 Å². The van der Waals surface area contributed by atoms with Crippen LogP contribution in [-0.4, -0.2) is 31.1 Å².